The molecule has 6 rings (SSSR count). The average molecular weight is 679 g/mol. The van der Waals surface area contributed by atoms with Gasteiger partial charge in [0.15, 0.2) is 5.82 Å². The van der Waals surface area contributed by atoms with E-state index in [0.717, 1.165) is 52.5 Å². The van der Waals surface area contributed by atoms with Crippen LogP contribution in [-0.2, 0) is 9.47 Å². The van der Waals surface area contributed by atoms with Gasteiger partial charge in [0.1, 0.15) is 16.0 Å². The first-order chi connectivity index (χ1) is 22.4. The highest BCUT2D eigenvalue weighted by Gasteiger charge is 2.17. The zero-order valence-electron chi connectivity index (χ0n) is 25.9. The van der Waals surface area contributed by atoms with Crippen LogP contribution in [0.4, 0.5) is 5.82 Å². The molecule has 0 aliphatic carbocycles. The fourth-order valence-electron chi connectivity index (χ4n) is 4.88. The number of hydrogen-bond acceptors (Lipinski definition) is 9. The lowest BCUT2D eigenvalue weighted by atomic mass is 10.1. The molecule has 0 N–H and O–H groups in total. The minimum Gasteiger partial charge on any atom is -0.465 e. The normalized spacial score (nSPS) is 10.6. The molecule has 0 saturated carbocycles. The molecule has 46 heavy (non-hydrogen) atoms. The van der Waals surface area contributed by atoms with Gasteiger partial charge >= 0.3 is 11.9 Å². The van der Waals surface area contributed by atoms with Crippen LogP contribution < -0.4 is 4.90 Å². The minimum absolute atomic E-state index is 0.375. The van der Waals surface area contributed by atoms with Gasteiger partial charge in [-0.2, -0.15) is 0 Å². The van der Waals surface area contributed by atoms with E-state index in [1.807, 2.05) is 66.7 Å². The summed E-state index contributed by atoms with van der Waals surface area (Å²) in [5.74, 6) is 0.0629. The van der Waals surface area contributed by atoms with Crippen molar-refractivity contribution in [3.63, 3.8) is 0 Å². The summed E-state index contributed by atoms with van der Waals surface area (Å²) in [6, 6.07) is 30.2. The van der Waals surface area contributed by atoms with E-state index in [-0.39, 0.29) is 11.9 Å². The highest BCUT2D eigenvalue weighted by atomic mass is 79.9. The van der Waals surface area contributed by atoms with Crippen LogP contribution in [0.1, 0.15) is 34.6 Å². The number of ether oxygens (including phenoxy) is 2. The Balaban J connectivity index is 0.000000184. The largest absolute Gasteiger partial charge is 0.465 e. The Hall–Kier alpha value is -5.22. The van der Waals surface area contributed by atoms with Gasteiger partial charge < -0.3 is 14.4 Å². The zero-order valence-corrected chi connectivity index (χ0v) is 27.5. The van der Waals surface area contributed by atoms with Gasteiger partial charge in [-0.05, 0) is 66.2 Å². The van der Waals surface area contributed by atoms with Crippen molar-refractivity contribution in [3.05, 3.63) is 113 Å². The second-order valence-corrected chi connectivity index (χ2v) is 10.8. The molecule has 0 spiro atoms. The van der Waals surface area contributed by atoms with Crippen LogP contribution >= 0.6 is 15.9 Å². The lowest BCUT2D eigenvalue weighted by molar-refractivity contribution is 0.0592. The number of aromatic nitrogens is 4. The van der Waals surface area contributed by atoms with Gasteiger partial charge in [-0.1, -0.05) is 60.7 Å². The molecule has 6 aromatic rings. The molecule has 4 aromatic carbocycles. The smallest absolute Gasteiger partial charge is 0.337 e. The maximum atomic E-state index is 11.8. The summed E-state index contributed by atoms with van der Waals surface area (Å²) in [4.78, 5) is 44.3. The fourth-order valence-corrected chi connectivity index (χ4v) is 5.39. The number of carbonyl (C=O) groups is 2. The van der Waals surface area contributed by atoms with Crippen molar-refractivity contribution >= 4 is 55.8 Å². The molecule has 2 heterocycles. The number of benzene rings is 4. The molecule has 0 aliphatic heterocycles. The summed E-state index contributed by atoms with van der Waals surface area (Å²) in [5.41, 5.74) is 7.37. The maximum absolute atomic E-state index is 11.8. The number of rotatable bonds is 7. The van der Waals surface area contributed by atoms with Crippen LogP contribution in [-0.4, -0.2) is 59.2 Å². The number of fused-ring (bicyclic) bond motifs is 2. The van der Waals surface area contributed by atoms with Gasteiger partial charge in [0.05, 0.1) is 47.4 Å². The van der Waals surface area contributed by atoms with Gasteiger partial charge in [-0.25, -0.2) is 29.5 Å². The molecule has 0 aliphatic rings. The van der Waals surface area contributed by atoms with Crippen molar-refractivity contribution in [2.45, 2.75) is 13.8 Å². The van der Waals surface area contributed by atoms with Crippen LogP contribution in [0.25, 0.3) is 44.6 Å². The molecule has 2 aromatic heterocycles. The Kier molecular flexibility index (Phi) is 10.3. The van der Waals surface area contributed by atoms with E-state index in [4.69, 9.17) is 19.4 Å². The Morgan fingerprint density at radius 2 is 1.07 bits per heavy atom. The molecule has 0 radical (unpaired) electrons. The van der Waals surface area contributed by atoms with Crippen molar-refractivity contribution in [1.82, 2.24) is 19.9 Å². The topological polar surface area (TPSA) is 107 Å². The third-order valence-corrected chi connectivity index (χ3v) is 7.82. The predicted octanol–water partition coefficient (Wildman–Crippen LogP) is 7.78. The lowest BCUT2D eigenvalue weighted by Crippen LogP contribution is -2.24. The van der Waals surface area contributed by atoms with Crippen molar-refractivity contribution in [1.29, 1.82) is 0 Å². The standard InChI is InChI=1S/C20H21N3O2.C16H11BrN2O2/c1-4-23(5-2)19-18(14-9-7-6-8-10-14)21-16-12-11-15(20(24)25-3)13-17(16)22-19;1-21-16(20)11-7-8-12-13(9-11)19-15(17)14(18-12)10-5-3-2-4-6-10/h6-13H,4-5H2,1-3H3;2-9H,1H3. The summed E-state index contributed by atoms with van der Waals surface area (Å²) in [7, 11) is 2.73. The van der Waals surface area contributed by atoms with Crippen molar-refractivity contribution in [2.24, 2.45) is 0 Å². The van der Waals surface area contributed by atoms with E-state index in [9.17, 15) is 9.59 Å². The number of methoxy groups -OCH3 is 2. The van der Waals surface area contributed by atoms with Gasteiger partial charge in [0.2, 0.25) is 0 Å². The highest BCUT2D eigenvalue weighted by molar-refractivity contribution is 9.10. The summed E-state index contributed by atoms with van der Waals surface area (Å²) in [6.45, 7) is 5.84. The number of anilines is 1. The summed E-state index contributed by atoms with van der Waals surface area (Å²) in [5, 5.41) is 0. The molecule has 0 saturated heterocycles. The first-order valence-electron chi connectivity index (χ1n) is 14.7. The molecule has 232 valence electrons. The van der Waals surface area contributed by atoms with E-state index in [0.29, 0.717) is 26.8 Å². The number of esters is 2. The fraction of sp³-hybridized carbons (Fsp3) is 0.167. The molecule has 0 fully saturated rings. The number of halogens is 1. The second kappa shape index (κ2) is 14.7. The van der Waals surface area contributed by atoms with E-state index < -0.39 is 0 Å². The van der Waals surface area contributed by atoms with E-state index in [1.54, 1.807) is 30.3 Å². The van der Waals surface area contributed by atoms with Crippen molar-refractivity contribution in [2.75, 3.05) is 32.2 Å². The predicted molar refractivity (Wildman–Crippen MR) is 184 cm³/mol. The van der Waals surface area contributed by atoms with Gasteiger partial charge in [0.25, 0.3) is 0 Å². The zero-order chi connectivity index (χ0) is 32.6. The summed E-state index contributed by atoms with van der Waals surface area (Å²) < 4.78 is 10.2. The van der Waals surface area contributed by atoms with E-state index in [1.165, 1.54) is 14.2 Å². The molecule has 0 atom stereocenters. The Morgan fingerprint density at radius 1 is 0.609 bits per heavy atom. The third-order valence-electron chi connectivity index (χ3n) is 7.27. The quantitative estimate of drug-likeness (QED) is 0.157. The van der Waals surface area contributed by atoms with Crippen LogP contribution in [0.15, 0.2) is 102 Å². The monoisotopic (exact) mass is 677 g/mol. The Bertz CT molecular complexity index is 2000. The molecule has 0 bridgehead atoms. The van der Waals surface area contributed by atoms with Crippen LogP contribution in [0.5, 0.6) is 0 Å². The number of carbonyl (C=O) groups excluding carboxylic acids is 2. The first kappa shape index (κ1) is 32.2. The lowest BCUT2D eigenvalue weighted by Gasteiger charge is -2.23. The van der Waals surface area contributed by atoms with Crippen molar-refractivity contribution in [3.8, 4) is 22.5 Å². The maximum Gasteiger partial charge on any atom is 0.337 e. The van der Waals surface area contributed by atoms with Crippen LogP contribution in [0.2, 0.25) is 0 Å². The molecular formula is C36H32BrN5O4. The number of hydrogen-bond donors (Lipinski definition) is 0. The summed E-state index contributed by atoms with van der Waals surface area (Å²) >= 11 is 3.44. The highest BCUT2D eigenvalue weighted by Crippen LogP contribution is 2.30. The number of nitrogens with zero attached hydrogens (tertiary/aromatic N) is 5. The Morgan fingerprint density at radius 3 is 1.54 bits per heavy atom. The molecule has 0 amide bonds. The van der Waals surface area contributed by atoms with E-state index in [2.05, 4.69) is 44.6 Å². The average Bonchev–Trinajstić information content (AvgIpc) is 3.11. The van der Waals surface area contributed by atoms with Gasteiger partial charge in [-0.15, -0.1) is 0 Å². The van der Waals surface area contributed by atoms with Gasteiger partial charge in [0, 0.05) is 24.2 Å². The molecular weight excluding hydrogens is 646 g/mol. The van der Waals surface area contributed by atoms with Crippen LogP contribution in [0, 0.1) is 0 Å². The minimum atomic E-state index is -0.387. The second-order valence-electron chi connectivity index (χ2n) is 10.1. The first-order valence-corrected chi connectivity index (χ1v) is 15.5. The SMILES string of the molecule is CCN(CC)c1nc2cc(C(=O)OC)ccc2nc1-c1ccccc1.COC(=O)c1ccc2nc(-c3ccccc3)c(Br)nc2c1. The third kappa shape index (κ3) is 7.02. The van der Waals surface area contributed by atoms with Crippen LogP contribution in [0.3, 0.4) is 0 Å². The van der Waals surface area contributed by atoms with Crippen molar-refractivity contribution < 1.29 is 19.1 Å². The van der Waals surface area contributed by atoms with Gasteiger partial charge in [-0.3, -0.25) is 0 Å². The van der Waals surface area contributed by atoms with E-state index >= 15 is 0 Å². The molecule has 9 nitrogen and oxygen atoms in total. The Labute approximate surface area is 275 Å². The molecule has 0 unspecified atom stereocenters. The summed E-state index contributed by atoms with van der Waals surface area (Å²) in [6.07, 6.45) is 0. The molecule has 10 heteroatoms.